The molecule has 0 bridgehead atoms. The fourth-order valence-corrected chi connectivity index (χ4v) is 2.55. The highest BCUT2D eigenvalue weighted by Gasteiger charge is 2.17. The summed E-state index contributed by atoms with van der Waals surface area (Å²) in [6.45, 7) is 1.97. The van der Waals surface area contributed by atoms with Crippen molar-refractivity contribution >= 4 is 23.5 Å². The van der Waals surface area contributed by atoms with E-state index in [1.807, 2.05) is 31.2 Å². The highest BCUT2D eigenvalue weighted by molar-refractivity contribution is 6.30. The van der Waals surface area contributed by atoms with Gasteiger partial charge in [-0.2, -0.15) is 0 Å². The van der Waals surface area contributed by atoms with E-state index in [0.29, 0.717) is 17.9 Å². The van der Waals surface area contributed by atoms with E-state index in [0.717, 1.165) is 11.1 Å². The molecule has 0 saturated carbocycles. The molecule has 0 radical (unpaired) electrons. The number of carboxylic acid groups (broad SMARTS) is 1. The Balaban J connectivity index is 1.93. The number of aryl methyl sites for hydroxylation is 1. The van der Waals surface area contributed by atoms with E-state index in [1.54, 1.807) is 36.2 Å². The summed E-state index contributed by atoms with van der Waals surface area (Å²) < 4.78 is 0. The van der Waals surface area contributed by atoms with Crippen molar-refractivity contribution in [3.63, 3.8) is 0 Å². The molecular formula is C19H20ClNO3. The molecule has 2 aromatic rings. The Hall–Kier alpha value is -2.33. The van der Waals surface area contributed by atoms with Crippen LogP contribution in [0.5, 0.6) is 0 Å². The fraction of sp³-hybridized carbons (Fsp3) is 0.263. The van der Waals surface area contributed by atoms with Crippen LogP contribution < -0.4 is 0 Å². The standard InChI is InChI=1S/C19H20ClNO3/c1-13(15-8-10-17(20)11-9-15)21(2)18(22)12-5-14-3-6-16(7-4-14)19(23)24/h3-4,6-11,13H,5,12H2,1-2H3,(H,23,24). The first-order valence-electron chi connectivity index (χ1n) is 7.72. The molecule has 0 spiro atoms. The van der Waals surface area contributed by atoms with Gasteiger partial charge in [0.1, 0.15) is 0 Å². The number of hydrogen-bond donors (Lipinski definition) is 1. The Morgan fingerprint density at radius 2 is 1.67 bits per heavy atom. The van der Waals surface area contributed by atoms with Gasteiger partial charge in [-0.15, -0.1) is 0 Å². The van der Waals surface area contributed by atoms with Crippen molar-refractivity contribution in [1.82, 2.24) is 4.90 Å². The molecule has 1 N–H and O–H groups in total. The number of carboxylic acids is 1. The van der Waals surface area contributed by atoms with E-state index in [4.69, 9.17) is 16.7 Å². The van der Waals surface area contributed by atoms with Crippen molar-refractivity contribution in [3.05, 3.63) is 70.2 Å². The zero-order valence-electron chi connectivity index (χ0n) is 13.7. The molecule has 1 atom stereocenters. The van der Waals surface area contributed by atoms with E-state index < -0.39 is 5.97 Å². The van der Waals surface area contributed by atoms with Gasteiger partial charge in [0.2, 0.25) is 5.91 Å². The lowest BCUT2D eigenvalue weighted by Crippen LogP contribution is -2.29. The van der Waals surface area contributed by atoms with Crippen molar-refractivity contribution in [1.29, 1.82) is 0 Å². The van der Waals surface area contributed by atoms with E-state index >= 15 is 0 Å². The minimum atomic E-state index is -0.950. The second-order valence-electron chi connectivity index (χ2n) is 5.73. The second-order valence-corrected chi connectivity index (χ2v) is 6.17. The zero-order chi connectivity index (χ0) is 17.7. The zero-order valence-corrected chi connectivity index (χ0v) is 14.5. The highest BCUT2D eigenvalue weighted by Crippen LogP contribution is 2.21. The minimum absolute atomic E-state index is 0.0378. The smallest absolute Gasteiger partial charge is 0.335 e. The molecule has 4 nitrogen and oxygen atoms in total. The largest absolute Gasteiger partial charge is 0.478 e. The molecule has 0 aromatic heterocycles. The van der Waals surface area contributed by atoms with Gasteiger partial charge in [0.15, 0.2) is 0 Å². The van der Waals surface area contributed by atoms with Crippen molar-refractivity contribution in [2.75, 3.05) is 7.05 Å². The molecule has 0 aliphatic heterocycles. The minimum Gasteiger partial charge on any atom is -0.478 e. The van der Waals surface area contributed by atoms with Crippen LogP contribution in [-0.2, 0) is 11.2 Å². The van der Waals surface area contributed by atoms with E-state index in [9.17, 15) is 9.59 Å². The molecule has 1 amide bonds. The quantitative estimate of drug-likeness (QED) is 0.854. The first-order valence-corrected chi connectivity index (χ1v) is 8.09. The number of carbonyl (C=O) groups is 2. The summed E-state index contributed by atoms with van der Waals surface area (Å²) in [5.74, 6) is -0.908. The molecule has 2 rings (SSSR count). The van der Waals surface area contributed by atoms with Gasteiger partial charge >= 0.3 is 5.97 Å². The number of nitrogens with zero attached hydrogens (tertiary/aromatic N) is 1. The van der Waals surface area contributed by atoms with Gasteiger partial charge in [-0.05, 0) is 48.7 Å². The van der Waals surface area contributed by atoms with Gasteiger partial charge in [-0.1, -0.05) is 35.9 Å². The Morgan fingerprint density at radius 3 is 2.21 bits per heavy atom. The molecule has 1 unspecified atom stereocenters. The number of halogens is 1. The monoisotopic (exact) mass is 345 g/mol. The van der Waals surface area contributed by atoms with Crippen molar-refractivity contribution in [2.24, 2.45) is 0 Å². The Bertz CT molecular complexity index is 710. The highest BCUT2D eigenvalue weighted by atomic mass is 35.5. The number of rotatable bonds is 6. The van der Waals surface area contributed by atoms with Crippen LogP contribution >= 0.6 is 11.6 Å². The fourth-order valence-electron chi connectivity index (χ4n) is 2.42. The maximum absolute atomic E-state index is 12.4. The van der Waals surface area contributed by atoms with Crippen LogP contribution in [0.4, 0.5) is 0 Å². The number of hydrogen-bond acceptors (Lipinski definition) is 2. The topological polar surface area (TPSA) is 57.6 Å². The van der Waals surface area contributed by atoms with Gasteiger partial charge in [-0.25, -0.2) is 4.79 Å². The molecule has 0 heterocycles. The molecule has 24 heavy (non-hydrogen) atoms. The van der Waals surface area contributed by atoms with Crippen molar-refractivity contribution in [3.8, 4) is 0 Å². The average molecular weight is 346 g/mol. The van der Waals surface area contributed by atoms with Gasteiger partial charge in [0.25, 0.3) is 0 Å². The van der Waals surface area contributed by atoms with Crippen LogP contribution in [-0.4, -0.2) is 28.9 Å². The van der Waals surface area contributed by atoms with Crippen molar-refractivity contribution in [2.45, 2.75) is 25.8 Å². The number of amides is 1. The summed E-state index contributed by atoms with van der Waals surface area (Å²) in [6.07, 6.45) is 0.956. The summed E-state index contributed by atoms with van der Waals surface area (Å²) in [6, 6.07) is 14.0. The summed E-state index contributed by atoms with van der Waals surface area (Å²) in [5.41, 5.74) is 2.22. The van der Waals surface area contributed by atoms with Gasteiger partial charge in [0, 0.05) is 18.5 Å². The van der Waals surface area contributed by atoms with Crippen LogP contribution in [0.25, 0.3) is 0 Å². The third-order valence-corrected chi connectivity index (χ3v) is 4.41. The predicted molar refractivity (Wildman–Crippen MR) is 94.4 cm³/mol. The first kappa shape index (κ1) is 18.0. The molecule has 0 aliphatic rings. The van der Waals surface area contributed by atoms with E-state index in [-0.39, 0.29) is 17.5 Å². The summed E-state index contributed by atoms with van der Waals surface area (Å²) in [7, 11) is 1.79. The van der Waals surface area contributed by atoms with Crippen LogP contribution in [0, 0.1) is 0 Å². The van der Waals surface area contributed by atoms with E-state index in [1.165, 1.54) is 0 Å². The van der Waals surface area contributed by atoms with Crippen molar-refractivity contribution < 1.29 is 14.7 Å². The molecule has 0 fully saturated rings. The normalized spacial score (nSPS) is 11.8. The molecular weight excluding hydrogens is 326 g/mol. The van der Waals surface area contributed by atoms with Gasteiger partial charge < -0.3 is 10.0 Å². The lowest BCUT2D eigenvalue weighted by Gasteiger charge is -2.25. The Labute approximate surface area is 146 Å². The lowest BCUT2D eigenvalue weighted by molar-refractivity contribution is -0.131. The molecule has 126 valence electrons. The van der Waals surface area contributed by atoms with Crippen LogP contribution in [0.15, 0.2) is 48.5 Å². The SMILES string of the molecule is CC(c1ccc(Cl)cc1)N(C)C(=O)CCc1ccc(C(=O)O)cc1. The second kappa shape index (κ2) is 7.97. The molecule has 0 saturated heterocycles. The lowest BCUT2D eigenvalue weighted by atomic mass is 10.0. The van der Waals surface area contributed by atoms with Crippen LogP contribution in [0.3, 0.4) is 0 Å². The van der Waals surface area contributed by atoms with Gasteiger partial charge in [-0.3, -0.25) is 4.79 Å². The maximum Gasteiger partial charge on any atom is 0.335 e. The molecule has 0 aliphatic carbocycles. The molecule has 5 heteroatoms. The number of benzene rings is 2. The summed E-state index contributed by atoms with van der Waals surface area (Å²) in [5, 5.41) is 9.56. The molecule has 2 aromatic carbocycles. The summed E-state index contributed by atoms with van der Waals surface area (Å²) >= 11 is 5.89. The Morgan fingerprint density at radius 1 is 1.08 bits per heavy atom. The third-order valence-electron chi connectivity index (χ3n) is 4.16. The third kappa shape index (κ3) is 4.59. The van der Waals surface area contributed by atoms with Crippen LogP contribution in [0.2, 0.25) is 5.02 Å². The first-order chi connectivity index (χ1) is 11.4. The summed E-state index contributed by atoms with van der Waals surface area (Å²) in [4.78, 5) is 24.9. The number of carbonyl (C=O) groups excluding carboxylic acids is 1. The average Bonchev–Trinajstić information content (AvgIpc) is 2.59. The number of aromatic carboxylic acids is 1. The predicted octanol–water partition coefficient (Wildman–Crippen LogP) is 4.19. The van der Waals surface area contributed by atoms with E-state index in [2.05, 4.69) is 0 Å². The van der Waals surface area contributed by atoms with Crippen LogP contribution in [0.1, 0.15) is 40.9 Å². The Kier molecular flexibility index (Phi) is 5.99. The maximum atomic E-state index is 12.4. The van der Waals surface area contributed by atoms with Gasteiger partial charge in [0.05, 0.1) is 11.6 Å².